The van der Waals surface area contributed by atoms with E-state index in [9.17, 15) is 0 Å². The van der Waals surface area contributed by atoms with E-state index >= 15 is 0 Å². The molecule has 2 unspecified atom stereocenters. The number of hydrogen-bond acceptors (Lipinski definition) is 4. The van der Waals surface area contributed by atoms with Crippen molar-refractivity contribution in [3.63, 3.8) is 0 Å². The van der Waals surface area contributed by atoms with Gasteiger partial charge in [-0.25, -0.2) is 0 Å². The van der Waals surface area contributed by atoms with Crippen molar-refractivity contribution in [1.29, 1.82) is 0 Å². The Morgan fingerprint density at radius 2 is 1.00 bits per heavy atom. The molecule has 0 aliphatic heterocycles. The van der Waals surface area contributed by atoms with Gasteiger partial charge in [0.1, 0.15) is 0 Å². The van der Waals surface area contributed by atoms with Crippen LogP contribution in [0.3, 0.4) is 0 Å². The number of aliphatic imine (C=N–C) groups is 4. The molecule has 0 aliphatic rings. The van der Waals surface area contributed by atoms with E-state index in [2.05, 4.69) is 61.5 Å². The van der Waals surface area contributed by atoms with Gasteiger partial charge in [0.15, 0.2) is 0 Å². The fourth-order valence-corrected chi connectivity index (χ4v) is 1.08. The average molecular weight is 363 g/mol. The van der Waals surface area contributed by atoms with Crippen molar-refractivity contribution in [2.45, 2.75) is 79.3 Å². The fourth-order valence-electron chi connectivity index (χ4n) is 1.08. The quantitative estimate of drug-likeness (QED) is 0.400. The molecule has 0 spiro atoms. The van der Waals surface area contributed by atoms with E-state index in [0.717, 1.165) is 38.8 Å². The summed E-state index contributed by atoms with van der Waals surface area (Å²) in [6.45, 7) is 14.5. The molecule has 4 nitrogen and oxygen atoms in total. The molecule has 0 amide bonds. The zero-order chi connectivity index (χ0) is 17.1. The fraction of sp³-hybridized carbons (Fsp3) is 0.778. The van der Waals surface area contributed by atoms with E-state index in [-0.39, 0.29) is 17.1 Å². The van der Waals surface area contributed by atoms with E-state index in [1.54, 1.807) is 24.9 Å². The van der Waals surface area contributed by atoms with E-state index < -0.39 is 0 Å². The van der Waals surface area contributed by atoms with Gasteiger partial charge in [0.05, 0.1) is 0 Å². The third-order valence-corrected chi connectivity index (χ3v) is 2.91. The number of rotatable bonds is 10. The molecule has 0 rings (SSSR count). The second-order valence-electron chi connectivity index (χ2n) is 5.22. The Kier molecular flexibility index (Phi) is 27.6. The molecule has 0 N–H and O–H groups in total. The van der Waals surface area contributed by atoms with Crippen LogP contribution in [-0.4, -0.2) is 50.0 Å². The van der Waals surface area contributed by atoms with Crippen LogP contribution < -0.4 is 0 Å². The van der Waals surface area contributed by atoms with E-state index in [4.69, 9.17) is 0 Å². The van der Waals surface area contributed by atoms with Gasteiger partial charge in [-0.15, -0.1) is 0 Å². The first kappa shape index (κ1) is 27.1. The van der Waals surface area contributed by atoms with Gasteiger partial charge in [-0.05, 0) is 39.5 Å². The van der Waals surface area contributed by atoms with Crippen LogP contribution in [0.5, 0.6) is 0 Å². The zero-order valence-electron chi connectivity index (χ0n) is 15.9. The largest absolute Gasteiger partial charge is 0.292 e. The maximum atomic E-state index is 4.27. The van der Waals surface area contributed by atoms with Crippen LogP contribution in [0.2, 0.25) is 0 Å². The molecule has 0 saturated carbocycles. The summed E-state index contributed by atoms with van der Waals surface area (Å²) in [5, 5.41) is 0. The molecule has 0 aliphatic carbocycles. The number of hydrogen-bond donors (Lipinski definition) is 0. The van der Waals surface area contributed by atoms with Crippen molar-refractivity contribution in [2.24, 2.45) is 20.0 Å². The predicted molar refractivity (Wildman–Crippen MR) is 104 cm³/mol. The van der Waals surface area contributed by atoms with Crippen LogP contribution in [0.1, 0.15) is 67.2 Å². The Hall–Kier alpha value is -0.801. The monoisotopic (exact) mass is 363 g/mol. The van der Waals surface area contributed by atoms with Crippen LogP contribution in [-0.2, 0) is 17.1 Å². The summed E-state index contributed by atoms with van der Waals surface area (Å²) in [6.07, 6.45) is 11.6. The smallest absolute Gasteiger partial charge is 0.0469 e. The minimum Gasteiger partial charge on any atom is -0.292 e. The third-order valence-electron chi connectivity index (χ3n) is 2.91. The molecular weight excluding hydrogens is 327 g/mol. The summed E-state index contributed by atoms with van der Waals surface area (Å²) in [4.78, 5) is 16.7. The summed E-state index contributed by atoms with van der Waals surface area (Å²) in [5.41, 5.74) is 0. The van der Waals surface area contributed by atoms with E-state index in [1.165, 1.54) is 0 Å². The molecule has 0 aromatic heterocycles. The summed E-state index contributed by atoms with van der Waals surface area (Å²) < 4.78 is 0. The minimum absolute atomic E-state index is 0. The van der Waals surface area contributed by atoms with Crippen molar-refractivity contribution in [2.75, 3.05) is 13.1 Å². The molecule has 2 atom stereocenters. The first-order valence-corrected chi connectivity index (χ1v) is 8.65. The SMILES string of the molecule is CCC(C)N=CC=NC(C)CC.CCCN=CC=NCCC.[Mn]. The Morgan fingerprint density at radius 3 is 1.26 bits per heavy atom. The number of nitrogens with zero attached hydrogens (tertiary/aromatic N) is 4. The second kappa shape index (κ2) is 23.5. The van der Waals surface area contributed by atoms with Gasteiger partial charge in [-0.2, -0.15) is 0 Å². The Labute approximate surface area is 154 Å². The van der Waals surface area contributed by atoms with Crippen LogP contribution in [0, 0.1) is 0 Å². The van der Waals surface area contributed by atoms with Gasteiger partial charge in [0.25, 0.3) is 0 Å². The first-order chi connectivity index (χ1) is 10.6. The maximum Gasteiger partial charge on any atom is 0.0469 e. The molecule has 0 aromatic rings. The predicted octanol–water partition coefficient (Wildman–Crippen LogP) is 4.67. The summed E-state index contributed by atoms with van der Waals surface area (Å²) in [6, 6.07) is 0.849. The summed E-state index contributed by atoms with van der Waals surface area (Å²) in [5.74, 6) is 0. The van der Waals surface area contributed by atoms with Gasteiger partial charge >= 0.3 is 0 Å². The minimum atomic E-state index is 0. The standard InChI is InChI=1S/C10H20N2.C8H16N2.Mn/c1-5-9(3)11-7-8-12-10(4)6-2;1-3-5-9-7-8-10-6-4-2;/h7-10H,5-6H2,1-4H3;7-8H,3-6H2,1-2H3;. The summed E-state index contributed by atoms with van der Waals surface area (Å²) in [7, 11) is 0. The molecule has 1 radical (unpaired) electrons. The van der Waals surface area contributed by atoms with Crippen molar-refractivity contribution >= 4 is 24.9 Å². The molecular formula is C18H36MnN4. The molecule has 0 bridgehead atoms. The van der Waals surface area contributed by atoms with Gasteiger partial charge in [0, 0.05) is 67.1 Å². The Bertz CT molecular complexity index is 293. The van der Waals surface area contributed by atoms with Gasteiger partial charge in [-0.1, -0.05) is 27.7 Å². The molecule has 0 aromatic carbocycles. The van der Waals surface area contributed by atoms with Crippen molar-refractivity contribution in [3.8, 4) is 0 Å². The van der Waals surface area contributed by atoms with Crippen molar-refractivity contribution in [3.05, 3.63) is 0 Å². The zero-order valence-corrected chi connectivity index (χ0v) is 17.1. The molecule has 0 saturated heterocycles. The first-order valence-electron chi connectivity index (χ1n) is 8.65. The molecule has 0 fully saturated rings. The molecule has 135 valence electrons. The van der Waals surface area contributed by atoms with Crippen LogP contribution in [0.4, 0.5) is 0 Å². The van der Waals surface area contributed by atoms with Gasteiger partial charge < -0.3 is 0 Å². The normalized spacial score (nSPS) is 14.2. The third kappa shape index (κ3) is 26.4. The van der Waals surface area contributed by atoms with E-state index in [1.807, 2.05) is 0 Å². The van der Waals surface area contributed by atoms with Crippen LogP contribution in [0.25, 0.3) is 0 Å². The van der Waals surface area contributed by atoms with Crippen molar-refractivity contribution < 1.29 is 17.1 Å². The Balaban J connectivity index is -0.000000338. The molecule has 0 heterocycles. The average Bonchev–Trinajstić information content (AvgIpc) is 2.55. The molecule has 23 heavy (non-hydrogen) atoms. The van der Waals surface area contributed by atoms with Gasteiger partial charge in [-0.3, -0.25) is 20.0 Å². The molecule has 5 heteroatoms. The maximum absolute atomic E-state index is 4.27. The summed E-state index contributed by atoms with van der Waals surface area (Å²) >= 11 is 0. The van der Waals surface area contributed by atoms with Crippen LogP contribution >= 0.6 is 0 Å². The van der Waals surface area contributed by atoms with Crippen molar-refractivity contribution in [1.82, 2.24) is 0 Å². The van der Waals surface area contributed by atoms with Crippen LogP contribution in [0.15, 0.2) is 20.0 Å². The van der Waals surface area contributed by atoms with Gasteiger partial charge in [0.2, 0.25) is 0 Å². The second-order valence-corrected chi connectivity index (χ2v) is 5.22. The van der Waals surface area contributed by atoms with E-state index in [0.29, 0.717) is 12.1 Å². The topological polar surface area (TPSA) is 49.4 Å². The Morgan fingerprint density at radius 1 is 0.652 bits per heavy atom.